The summed E-state index contributed by atoms with van der Waals surface area (Å²) in [6, 6.07) is 8.77. The van der Waals surface area contributed by atoms with Crippen LogP contribution in [0, 0.1) is 12.8 Å². The number of aryl methyl sites for hydroxylation is 1. The van der Waals surface area contributed by atoms with E-state index in [0.717, 1.165) is 25.0 Å². The van der Waals surface area contributed by atoms with E-state index in [4.69, 9.17) is 0 Å². The molecule has 2 rings (SSSR count). The van der Waals surface area contributed by atoms with E-state index in [-0.39, 0.29) is 24.0 Å². The average molecular weight is 387 g/mol. The Bertz CT molecular complexity index is 424. The van der Waals surface area contributed by atoms with Gasteiger partial charge >= 0.3 is 0 Å². The van der Waals surface area contributed by atoms with Crippen molar-refractivity contribution in [2.45, 2.75) is 32.6 Å². The second-order valence-corrected chi connectivity index (χ2v) is 5.59. The van der Waals surface area contributed by atoms with Crippen molar-refractivity contribution in [3.05, 3.63) is 35.4 Å². The molecule has 1 saturated carbocycles. The minimum atomic E-state index is 0. The van der Waals surface area contributed by atoms with Gasteiger partial charge in [-0.05, 0) is 37.2 Å². The van der Waals surface area contributed by atoms with Gasteiger partial charge in [0.1, 0.15) is 0 Å². The zero-order chi connectivity index (χ0) is 13.7. The SMILES string of the molecule is CN=C(NCC1CC1)NCC(C)c1ccc(C)cc1.I. The van der Waals surface area contributed by atoms with Gasteiger partial charge in [-0.15, -0.1) is 24.0 Å². The molecular formula is C16H26IN3. The molecule has 1 aliphatic carbocycles. The normalized spacial score (nSPS) is 16.2. The highest BCUT2D eigenvalue weighted by molar-refractivity contribution is 14.0. The molecule has 0 aliphatic heterocycles. The Balaban J connectivity index is 0.00000200. The molecule has 1 aromatic carbocycles. The smallest absolute Gasteiger partial charge is 0.191 e. The van der Waals surface area contributed by atoms with E-state index in [0.29, 0.717) is 5.92 Å². The zero-order valence-electron chi connectivity index (χ0n) is 12.6. The molecule has 0 saturated heterocycles. The van der Waals surface area contributed by atoms with Gasteiger partial charge < -0.3 is 10.6 Å². The van der Waals surface area contributed by atoms with E-state index in [9.17, 15) is 0 Å². The summed E-state index contributed by atoms with van der Waals surface area (Å²) < 4.78 is 0. The maximum absolute atomic E-state index is 4.26. The third-order valence-electron chi connectivity index (χ3n) is 3.70. The van der Waals surface area contributed by atoms with Crippen LogP contribution in [0.2, 0.25) is 0 Å². The molecule has 112 valence electrons. The van der Waals surface area contributed by atoms with Gasteiger partial charge in [0.05, 0.1) is 0 Å². The van der Waals surface area contributed by atoms with Gasteiger partial charge in [0.15, 0.2) is 5.96 Å². The van der Waals surface area contributed by atoms with Crippen LogP contribution in [0.5, 0.6) is 0 Å². The van der Waals surface area contributed by atoms with E-state index < -0.39 is 0 Å². The molecule has 1 atom stereocenters. The molecule has 0 radical (unpaired) electrons. The van der Waals surface area contributed by atoms with Gasteiger partial charge in [-0.2, -0.15) is 0 Å². The third kappa shape index (κ3) is 5.69. The molecule has 0 heterocycles. The summed E-state index contributed by atoms with van der Waals surface area (Å²) in [5, 5.41) is 6.79. The Hall–Kier alpha value is -0.780. The number of benzene rings is 1. The molecule has 0 aromatic heterocycles. The van der Waals surface area contributed by atoms with Crippen molar-refractivity contribution in [2.24, 2.45) is 10.9 Å². The Morgan fingerprint density at radius 1 is 1.25 bits per heavy atom. The summed E-state index contributed by atoms with van der Waals surface area (Å²) in [5.74, 6) is 2.28. The van der Waals surface area contributed by atoms with E-state index in [2.05, 4.69) is 53.7 Å². The summed E-state index contributed by atoms with van der Waals surface area (Å²) in [6.45, 7) is 6.33. The van der Waals surface area contributed by atoms with Crippen LogP contribution < -0.4 is 10.6 Å². The first-order valence-corrected chi connectivity index (χ1v) is 7.20. The largest absolute Gasteiger partial charge is 0.356 e. The zero-order valence-corrected chi connectivity index (χ0v) is 15.0. The first-order chi connectivity index (χ1) is 9.19. The standard InChI is InChI=1S/C16H25N3.HI/c1-12-4-8-15(9-5-12)13(2)10-18-16(17-3)19-11-14-6-7-14;/h4-5,8-9,13-14H,6-7,10-11H2,1-3H3,(H2,17,18,19);1H. The quantitative estimate of drug-likeness (QED) is 0.462. The van der Waals surface area contributed by atoms with Crippen LogP contribution in [0.3, 0.4) is 0 Å². The number of guanidine groups is 1. The van der Waals surface area contributed by atoms with Gasteiger partial charge in [-0.1, -0.05) is 36.8 Å². The first-order valence-electron chi connectivity index (χ1n) is 7.20. The monoisotopic (exact) mass is 387 g/mol. The molecular weight excluding hydrogens is 361 g/mol. The highest BCUT2D eigenvalue weighted by atomic mass is 127. The van der Waals surface area contributed by atoms with Crippen molar-refractivity contribution in [2.75, 3.05) is 20.1 Å². The first kappa shape index (κ1) is 17.3. The van der Waals surface area contributed by atoms with Crippen LogP contribution >= 0.6 is 24.0 Å². The van der Waals surface area contributed by atoms with Crippen LogP contribution in [0.15, 0.2) is 29.3 Å². The molecule has 4 heteroatoms. The minimum Gasteiger partial charge on any atom is -0.356 e. The number of nitrogens with zero attached hydrogens (tertiary/aromatic N) is 1. The maximum atomic E-state index is 4.26. The fourth-order valence-electron chi connectivity index (χ4n) is 2.05. The minimum absolute atomic E-state index is 0. The Morgan fingerprint density at radius 3 is 2.45 bits per heavy atom. The lowest BCUT2D eigenvalue weighted by molar-refractivity contribution is 0.685. The van der Waals surface area contributed by atoms with Gasteiger partial charge in [0.2, 0.25) is 0 Å². The molecule has 2 N–H and O–H groups in total. The molecule has 1 aromatic rings. The van der Waals surface area contributed by atoms with Crippen LogP contribution in [-0.4, -0.2) is 26.1 Å². The van der Waals surface area contributed by atoms with Gasteiger partial charge in [-0.25, -0.2) is 0 Å². The number of hydrogen-bond acceptors (Lipinski definition) is 1. The second-order valence-electron chi connectivity index (χ2n) is 5.59. The number of halogens is 1. The fraction of sp³-hybridized carbons (Fsp3) is 0.562. The summed E-state index contributed by atoms with van der Waals surface area (Å²) in [7, 11) is 1.83. The Labute approximate surface area is 139 Å². The van der Waals surface area contributed by atoms with Gasteiger partial charge in [0.25, 0.3) is 0 Å². The maximum Gasteiger partial charge on any atom is 0.191 e. The number of rotatable bonds is 5. The van der Waals surface area contributed by atoms with Crippen molar-refractivity contribution in [1.82, 2.24) is 10.6 Å². The molecule has 0 bridgehead atoms. The molecule has 1 unspecified atom stereocenters. The van der Waals surface area contributed by atoms with Crippen molar-refractivity contribution >= 4 is 29.9 Å². The summed E-state index contributed by atoms with van der Waals surface area (Å²) in [5.41, 5.74) is 2.68. The topological polar surface area (TPSA) is 36.4 Å². The summed E-state index contributed by atoms with van der Waals surface area (Å²) >= 11 is 0. The number of hydrogen-bond donors (Lipinski definition) is 2. The Morgan fingerprint density at radius 2 is 1.90 bits per heavy atom. The van der Waals surface area contributed by atoms with Crippen molar-refractivity contribution in [3.63, 3.8) is 0 Å². The van der Waals surface area contributed by atoms with Crippen molar-refractivity contribution < 1.29 is 0 Å². The molecule has 3 nitrogen and oxygen atoms in total. The van der Waals surface area contributed by atoms with Crippen molar-refractivity contribution in [1.29, 1.82) is 0 Å². The molecule has 20 heavy (non-hydrogen) atoms. The van der Waals surface area contributed by atoms with Gasteiger partial charge in [-0.3, -0.25) is 4.99 Å². The fourth-order valence-corrected chi connectivity index (χ4v) is 2.05. The lowest BCUT2D eigenvalue weighted by atomic mass is 10.0. The predicted octanol–water partition coefficient (Wildman–Crippen LogP) is 3.29. The molecule has 0 spiro atoms. The van der Waals surface area contributed by atoms with Crippen LogP contribution in [0.4, 0.5) is 0 Å². The summed E-state index contributed by atoms with van der Waals surface area (Å²) in [6.07, 6.45) is 2.73. The van der Waals surface area contributed by atoms with Crippen molar-refractivity contribution in [3.8, 4) is 0 Å². The summed E-state index contributed by atoms with van der Waals surface area (Å²) in [4.78, 5) is 4.26. The van der Waals surface area contributed by atoms with E-state index in [1.807, 2.05) is 7.05 Å². The van der Waals surface area contributed by atoms with Gasteiger partial charge in [0, 0.05) is 20.1 Å². The lowest BCUT2D eigenvalue weighted by Crippen LogP contribution is -2.39. The highest BCUT2D eigenvalue weighted by Gasteiger charge is 2.21. The number of nitrogens with one attached hydrogen (secondary N) is 2. The average Bonchev–Trinajstić information content (AvgIpc) is 3.23. The van der Waals surface area contributed by atoms with Crippen LogP contribution in [0.1, 0.15) is 36.8 Å². The van der Waals surface area contributed by atoms with E-state index in [1.54, 1.807) is 0 Å². The predicted molar refractivity (Wildman–Crippen MR) is 97.1 cm³/mol. The van der Waals surface area contributed by atoms with Crippen LogP contribution in [0.25, 0.3) is 0 Å². The lowest BCUT2D eigenvalue weighted by Gasteiger charge is -2.16. The third-order valence-corrected chi connectivity index (χ3v) is 3.70. The Kier molecular flexibility index (Phi) is 7.34. The molecule has 1 fully saturated rings. The highest BCUT2D eigenvalue weighted by Crippen LogP contribution is 2.27. The van der Waals surface area contributed by atoms with E-state index >= 15 is 0 Å². The number of aliphatic imine (C=N–C) groups is 1. The van der Waals surface area contributed by atoms with E-state index in [1.165, 1.54) is 24.0 Å². The molecule has 1 aliphatic rings. The van der Waals surface area contributed by atoms with Crippen LogP contribution in [-0.2, 0) is 0 Å². The second kappa shape index (κ2) is 8.49. The molecule has 0 amide bonds.